The molecule has 1 aromatic rings. The number of hydrazone groups is 1. The van der Waals surface area contributed by atoms with Crippen molar-refractivity contribution in [2.24, 2.45) is 5.10 Å². The fraction of sp³-hybridized carbons (Fsp3) is 0.273. The molecule has 1 aliphatic rings. The van der Waals surface area contributed by atoms with E-state index in [1.165, 1.54) is 11.9 Å². The highest BCUT2D eigenvalue weighted by atomic mass is 19.3. The first-order valence-electron chi connectivity index (χ1n) is 5.26. The Bertz CT molecular complexity index is 492. The van der Waals surface area contributed by atoms with Crippen LogP contribution in [0, 0.1) is 0 Å². The largest absolute Gasteiger partial charge is 0.399 e. The molecule has 18 heavy (non-hydrogen) atoms. The maximum absolute atomic E-state index is 12.8. The van der Waals surface area contributed by atoms with Crippen molar-refractivity contribution in [3.05, 3.63) is 24.3 Å². The Morgan fingerprint density at radius 1 is 1.50 bits per heavy atom. The number of amidine groups is 1. The molecule has 0 aromatic heterocycles. The summed E-state index contributed by atoms with van der Waals surface area (Å²) in [4.78, 5) is 11.7. The quantitative estimate of drug-likeness (QED) is 0.504. The fourth-order valence-corrected chi connectivity index (χ4v) is 1.83. The van der Waals surface area contributed by atoms with Gasteiger partial charge in [0.25, 0.3) is 0 Å². The standard InChI is InChI=1S/C11H12F2N4O/c1-7-15-17(9-4-2-3-8(14)5-9)10(6-18)16(7)11(12)13/h2-6,10-11H,14H2,1H3. The van der Waals surface area contributed by atoms with Gasteiger partial charge in [-0.1, -0.05) is 6.07 Å². The van der Waals surface area contributed by atoms with Crippen LogP contribution in [0.5, 0.6) is 0 Å². The number of nitrogen functional groups attached to an aromatic ring is 1. The molecule has 0 saturated carbocycles. The predicted octanol–water partition coefficient (Wildman–Crippen LogP) is 1.47. The summed E-state index contributed by atoms with van der Waals surface area (Å²) in [7, 11) is 0. The van der Waals surface area contributed by atoms with Gasteiger partial charge in [0.15, 0.2) is 12.5 Å². The lowest BCUT2D eigenvalue weighted by molar-refractivity contribution is -0.114. The molecule has 0 bridgehead atoms. The van der Waals surface area contributed by atoms with Gasteiger partial charge in [0.1, 0.15) is 5.84 Å². The van der Waals surface area contributed by atoms with Crippen molar-refractivity contribution >= 4 is 23.5 Å². The summed E-state index contributed by atoms with van der Waals surface area (Å²) < 4.78 is 25.7. The molecule has 1 unspecified atom stereocenters. The number of anilines is 2. The number of hydrogen-bond donors (Lipinski definition) is 1. The van der Waals surface area contributed by atoms with Crippen molar-refractivity contribution in [3.63, 3.8) is 0 Å². The number of aldehydes is 1. The molecular weight excluding hydrogens is 242 g/mol. The Morgan fingerprint density at radius 2 is 2.22 bits per heavy atom. The molecular formula is C11H12F2N4O. The van der Waals surface area contributed by atoms with Crippen LogP contribution in [-0.2, 0) is 4.79 Å². The first-order chi connectivity index (χ1) is 8.54. The Balaban J connectivity index is 2.37. The van der Waals surface area contributed by atoms with E-state index < -0.39 is 12.7 Å². The van der Waals surface area contributed by atoms with Crippen LogP contribution in [0.25, 0.3) is 0 Å². The molecule has 1 atom stereocenters. The predicted molar refractivity (Wildman–Crippen MR) is 64.1 cm³/mol. The Hall–Kier alpha value is -2.18. The molecule has 1 aliphatic heterocycles. The lowest BCUT2D eigenvalue weighted by atomic mass is 10.2. The lowest BCUT2D eigenvalue weighted by Gasteiger charge is -2.26. The third kappa shape index (κ3) is 1.99. The van der Waals surface area contributed by atoms with Crippen LogP contribution in [0.15, 0.2) is 29.4 Å². The van der Waals surface area contributed by atoms with Crippen LogP contribution in [0.3, 0.4) is 0 Å². The van der Waals surface area contributed by atoms with Crippen LogP contribution in [-0.4, -0.2) is 29.7 Å². The van der Waals surface area contributed by atoms with E-state index in [0.717, 1.165) is 0 Å². The van der Waals surface area contributed by atoms with Gasteiger partial charge in [-0.15, -0.1) is 0 Å². The maximum Gasteiger partial charge on any atom is 0.318 e. The summed E-state index contributed by atoms with van der Waals surface area (Å²) in [6.45, 7) is -1.36. The van der Waals surface area contributed by atoms with E-state index in [9.17, 15) is 13.6 Å². The monoisotopic (exact) mass is 254 g/mol. The SMILES string of the molecule is CC1=NN(c2cccc(N)c2)C(C=O)N1C(F)F. The molecule has 2 rings (SSSR count). The summed E-state index contributed by atoms with van der Waals surface area (Å²) in [5, 5.41) is 5.19. The van der Waals surface area contributed by atoms with Gasteiger partial charge in [-0.25, -0.2) is 5.01 Å². The van der Waals surface area contributed by atoms with Crippen LogP contribution in [0.1, 0.15) is 6.92 Å². The average Bonchev–Trinajstić information content (AvgIpc) is 2.66. The minimum Gasteiger partial charge on any atom is -0.399 e. The second kappa shape index (κ2) is 4.59. The maximum atomic E-state index is 12.8. The van der Waals surface area contributed by atoms with Crippen molar-refractivity contribution < 1.29 is 13.6 Å². The van der Waals surface area contributed by atoms with Gasteiger partial charge < -0.3 is 5.73 Å². The number of benzene rings is 1. The zero-order valence-corrected chi connectivity index (χ0v) is 9.62. The van der Waals surface area contributed by atoms with Gasteiger partial charge in [0.2, 0.25) is 0 Å². The smallest absolute Gasteiger partial charge is 0.318 e. The number of nitrogens with zero attached hydrogens (tertiary/aromatic N) is 3. The van der Waals surface area contributed by atoms with Crippen LogP contribution >= 0.6 is 0 Å². The van der Waals surface area contributed by atoms with E-state index in [4.69, 9.17) is 5.73 Å². The molecule has 96 valence electrons. The van der Waals surface area contributed by atoms with Gasteiger partial charge in [-0.3, -0.25) is 9.69 Å². The summed E-state index contributed by atoms with van der Waals surface area (Å²) in [6, 6.07) is 6.56. The van der Waals surface area contributed by atoms with E-state index in [0.29, 0.717) is 22.6 Å². The summed E-state index contributed by atoms with van der Waals surface area (Å²) in [5.41, 5.74) is 6.58. The molecule has 2 N–H and O–H groups in total. The highest BCUT2D eigenvalue weighted by Crippen LogP contribution is 2.27. The number of carbonyl (C=O) groups excluding carboxylic acids is 1. The van der Waals surface area contributed by atoms with E-state index in [2.05, 4.69) is 5.10 Å². The fourth-order valence-electron chi connectivity index (χ4n) is 1.83. The molecule has 5 nitrogen and oxygen atoms in total. The van der Waals surface area contributed by atoms with Gasteiger partial charge in [0.05, 0.1) is 5.69 Å². The van der Waals surface area contributed by atoms with Crippen LogP contribution in [0.2, 0.25) is 0 Å². The van der Waals surface area contributed by atoms with E-state index >= 15 is 0 Å². The minimum atomic E-state index is -2.78. The number of halogens is 2. The van der Waals surface area contributed by atoms with Crippen molar-refractivity contribution in [1.29, 1.82) is 0 Å². The highest BCUT2D eigenvalue weighted by molar-refractivity contribution is 5.88. The van der Waals surface area contributed by atoms with Crippen molar-refractivity contribution in [1.82, 2.24) is 4.90 Å². The van der Waals surface area contributed by atoms with Gasteiger partial charge in [-0.2, -0.15) is 13.9 Å². The molecule has 7 heteroatoms. The molecule has 1 aromatic carbocycles. The number of nitrogens with two attached hydrogens (primary N) is 1. The lowest BCUT2D eigenvalue weighted by Crippen LogP contribution is -2.45. The van der Waals surface area contributed by atoms with E-state index in [1.807, 2.05) is 0 Å². The van der Waals surface area contributed by atoms with Crippen LogP contribution < -0.4 is 10.7 Å². The third-order valence-corrected chi connectivity index (χ3v) is 2.63. The summed E-state index contributed by atoms with van der Waals surface area (Å²) in [6.07, 6.45) is -0.721. The molecule has 0 saturated heterocycles. The normalized spacial score (nSPS) is 19.3. The average molecular weight is 254 g/mol. The Morgan fingerprint density at radius 3 is 2.78 bits per heavy atom. The third-order valence-electron chi connectivity index (χ3n) is 2.63. The number of hydrogen-bond acceptors (Lipinski definition) is 5. The molecule has 0 fully saturated rings. The van der Waals surface area contributed by atoms with E-state index in [-0.39, 0.29) is 5.84 Å². The van der Waals surface area contributed by atoms with E-state index in [1.54, 1.807) is 24.3 Å². The summed E-state index contributed by atoms with van der Waals surface area (Å²) >= 11 is 0. The van der Waals surface area contributed by atoms with Crippen LogP contribution in [0.4, 0.5) is 20.2 Å². The number of alkyl halides is 2. The van der Waals surface area contributed by atoms with Gasteiger partial charge in [0, 0.05) is 5.69 Å². The Kier molecular flexibility index (Phi) is 3.14. The van der Waals surface area contributed by atoms with Crippen molar-refractivity contribution in [2.45, 2.75) is 19.6 Å². The molecule has 1 heterocycles. The Labute approximate surface area is 102 Å². The van der Waals surface area contributed by atoms with Gasteiger partial charge in [-0.05, 0) is 25.1 Å². The first-order valence-corrected chi connectivity index (χ1v) is 5.26. The zero-order chi connectivity index (χ0) is 13.3. The summed E-state index contributed by atoms with van der Waals surface area (Å²) in [5.74, 6) is 0.0875. The molecule has 0 radical (unpaired) electrons. The second-order valence-corrected chi connectivity index (χ2v) is 3.82. The van der Waals surface area contributed by atoms with Crippen molar-refractivity contribution in [3.8, 4) is 0 Å². The topological polar surface area (TPSA) is 61.9 Å². The van der Waals surface area contributed by atoms with Gasteiger partial charge >= 0.3 is 6.55 Å². The highest BCUT2D eigenvalue weighted by Gasteiger charge is 2.37. The first kappa shape index (κ1) is 12.3. The molecule has 0 spiro atoms. The van der Waals surface area contributed by atoms with Crippen molar-refractivity contribution in [2.75, 3.05) is 10.7 Å². The number of carbonyl (C=O) groups is 1. The molecule has 0 aliphatic carbocycles. The zero-order valence-electron chi connectivity index (χ0n) is 9.62. The second-order valence-electron chi connectivity index (χ2n) is 3.82. The molecule has 0 amide bonds. The number of rotatable bonds is 3. The minimum absolute atomic E-state index is 0.0875.